The molecule has 1 heterocycles. The molecular weight excluding hydrogens is 259 g/mol. The van der Waals surface area contributed by atoms with Crippen molar-refractivity contribution in [3.8, 4) is 6.07 Å². The second kappa shape index (κ2) is 5.17. The average molecular weight is 267 g/mol. The SMILES string of the molecule is N#CC1C=CC(Nc2nc(Cl)cc(Cl)n2)=CC1. The molecule has 0 fully saturated rings. The van der Waals surface area contributed by atoms with Crippen LogP contribution in [-0.4, -0.2) is 9.97 Å². The van der Waals surface area contributed by atoms with Gasteiger partial charge in [-0.2, -0.15) is 5.26 Å². The Bertz CT molecular complexity index is 511. The molecule has 2 rings (SSSR count). The molecule has 0 saturated heterocycles. The normalized spacial score (nSPS) is 18.4. The van der Waals surface area contributed by atoms with Crippen molar-refractivity contribution in [3.63, 3.8) is 0 Å². The summed E-state index contributed by atoms with van der Waals surface area (Å²) in [5.41, 5.74) is 0.829. The monoisotopic (exact) mass is 266 g/mol. The van der Waals surface area contributed by atoms with Gasteiger partial charge < -0.3 is 5.32 Å². The molecule has 0 aliphatic heterocycles. The molecule has 4 nitrogen and oxygen atoms in total. The first kappa shape index (κ1) is 11.9. The van der Waals surface area contributed by atoms with Gasteiger partial charge in [-0.3, -0.25) is 0 Å². The van der Waals surface area contributed by atoms with Crippen LogP contribution >= 0.6 is 23.2 Å². The fraction of sp³-hybridized carbons (Fsp3) is 0.182. The molecule has 0 saturated carbocycles. The Morgan fingerprint density at radius 2 is 2.06 bits per heavy atom. The quantitative estimate of drug-likeness (QED) is 0.836. The average Bonchev–Trinajstić information content (AvgIpc) is 2.28. The van der Waals surface area contributed by atoms with Gasteiger partial charge in [-0.25, -0.2) is 9.97 Å². The Labute approximate surface area is 109 Å². The fourth-order valence-corrected chi connectivity index (χ4v) is 1.81. The number of nitrogens with zero attached hydrogens (tertiary/aromatic N) is 3. The molecule has 86 valence electrons. The first-order valence-electron chi connectivity index (χ1n) is 4.92. The van der Waals surface area contributed by atoms with Gasteiger partial charge in [-0.1, -0.05) is 35.4 Å². The van der Waals surface area contributed by atoms with Crippen LogP contribution < -0.4 is 5.32 Å². The summed E-state index contributed by atoms with van der Waals surface area (Å²) >= 11 is 11.5. The maximum Gasteiger partial charge on any atom is 0.230 e. The van der Waals surface area contributed by atoms with Gasteiger partial charge in [0, 0.05) is 11.8 Å². The van der Waals surface area contributed by atoms with Gasteiger partial charge in [0.05, 0.1) is 12.0 Å². The molecule has 0 bridgehead atoms. The summed E-state index contributed by atoms with van der Waals surface area (Å²) in [7, 11) is 0. The van der Waals surface area contributed by atoms with Crippen molar-refractivity contribution in [3.05, 3.63) is 40.3 Å². The smallest absolute Gasteiger partial charge is 0.230 e. The third-order valence-electron chi connectivity index (χ3n) is 2.19. The van der Waals surface area contributed by atoms with Crippen LogP contribution in [0.2, 0.25) is 10.3 Å². The highest BCUT2D eigenvalue weighted by molar-refractivity contribution is 6.33. The van der Waals surface area contributed by atoms with Crippen molar-refractivity contribution in [2.24, 2.45) is 5.92 Å². The second-order valence-corrected chi connectivity index (χ2v) is 4.23. The van der Waals surface area contributed by atoms with Crippen LogP contribution in [0.4, 0.5) is 5.95 Å². The van der Waals surface area contributed by atoms with Crippen molar-refractivity contribution in [2.75, 3.05) is 5.32 Å². The number of aromatic nitrogens is 2. The Morgan fingerprint density at radius 3 is 2.59 bits per heavy atom. The van der Waals surface area contributed by atoms with Crippen molar-refractivity contribution in [1.29, 1.82) is 5.26 Å². The minimum Gasteiger partial charge on any atom is -0.324 e. The highest BCUT2D eigenvalue weighted by atomic mass is 35.5. The Balaban J connectivity index is 2.10. The lowest BCUT2D eigenvalue weighted by molar-refractivity contribution is 0.829. The summed E-state index contributed by atoms with van der Waals surface area (Å²) in [6, 6.07) is 3.64. The zero-order valence-electron chi connectivity index (χ0n) is 8.69. The zero-order chi connectivity index (χ0) is 12.3. The third kappa shape index (κ3) is 3.19. The zero-order valence-corrected chi connectivity index (χ0v) is 10.2. The van der Waals surface area contributed by atoms with E-state index in [1.54, 1.807) is 0 Å². The van der Waals surface area contributed by atoms with Crippen LogP contribution in [0.1, 0.15) is 6.42 Å². The van der Waals surface area contributed by atoms with Crippen LogP contribution in [0.5, 0.6) is 0 Å². The molecule has 0 spiro atoms. The Kier molecular flexibility index (Phi) is 3.62. The van der Waals surface area contributed by atoms with E-state index in [0.29, 0.717) is 12.4 Å². The molecule has 1 aromatic heterocycles. The van der Waals surface area contributed by atoms with E-state index in [1.165, 1.54) is 6.07 Å². The largest absolute Gasteiger partial charge is 0.324 e. The Hall–Kier alpha value is -1.57. The first-order chi connectivity index (χ1) is 8.17. The molecule has 1 unspecified atom stereocenters. The van der Waals surface area contributed by atoms with E-state index in [0.717, 1.165) is 5.70 Å². The van der Waals surface area contributed by atoms with Gasteiger partial charge >= 0.3 is 0 Å². The van der Waals surface area contributed by atoms with Crippen LogP contribution in [-0.2, 0) is 0 Å². The molecule has 0 amide bonds. The van der Waals surface area contributed by atoms with Gasteiger partial charge in [0.25, 0.3) is 0 Å². The van der Waals surface area contributed by atoms with E-state index in [9.17, 15) is 0 Å². The molecular formula is C11H8Cl2N4. The number of hydrogen-bond donors (Lipinski definition) is 1. The van der Waals surface area contributed by atoms with Crippen LogP contribution in [0.25, 0.3) is 0 Å². The van der Waals surface area contributed by atoms with Crippen LogP contribution in [0.3, 0.4) is 0 Å². The summed E-state index contributed by atoms with van der Waals surface area (Å²) < 4.78 is 0. The minimum absolute atomic E-state index is 0.0654. The molecule has 1 aliphatic rings. The number of halogens is 2. The Morgan fingerprint density at radius 1 is 1.35 bits per heavy atom. The van der Waals surface area contributed by atoms with E-state index in [4.69, 9.17) is 28.5 Å². The number of nitriles is 1. The predicted octanol–water partition coefficient (Wildman–Crippen LogP) is 3.18. The van der Waals surface area contributed by atoms with Crippen LogP contribution in [0, 0.1) is 17.2 Å². The van der Waals surface area contributed by atoms with Crippen molar-refractivity contribution >= 4 is 29.2 Å². The van der Waals surface area contributed by atoms with Gasteiger partial charge in [0.2, 0.25) is 5.95 Å². The lowest BCUT2D eigenvalue weighted by Gasteiger charge is -2.11. The van der Waals surface area contributed by atoms with Crippen molar-refractivity contribution in [1.82, 2.24) is 9.97 Å². The summed E-state index contributed by atoms with van der Waals surface area (Å²) in [5, 5.41) is 12.3. The number of rotatable bonds is 2. The predicted molar refractivity (Wildman–Crippen MR) is 66.6 cm³/mol. The summed E-state index contributed by atoms with van der Waals surface area (Å²) in [6.07, 6.45) is 6.22. The number of allylic oxidation sites excluding steroid dienone is 3. The van der Waals surface area contributed by atoms with Crippen molar-refractivity contribution < 1.29 is 0 Å². The summed E-state index contributed by atoms with van der Waals surface area (Å²) in [6.45, 7) is 0. The maximum atomic E-state index is 8.73. The van der Waals surface area contributed by atoms with Crippen molar-refractivity contribution in [2.45, 2.75) is 6.42 Å². The molecule has 0 radical (unpaired) electrons. The summed E-state index contributed by atoms with van der Waals surface area (Å²) in [5.74, 6) is 0.276. The molecule has 0 aromatic carbocycles. The molecule has 1 aromatic rings. The lowest BCUT2D eigenvalue weighted by atomic mass is 10.0. The maximum absolute atomic E-state index is 8.73. The van der Waals surface area contributed by atoms with Gasteiger partial charge in [0.1, 0.15) is 10.3 Å². The standard InChI is InChI=1S/C11H8Cl2N4/c12-9-5-10(13)17-11(16-9)15-8-3-1-7(6-14)2-4-8/h1,3-5,7H,2H2,(H,15,16,17). The van der Waals surface area contributed by atoms with E-state index in [-0.39, 0.29) is 16.2 Å². The van der Waals surface area contributed by atoms with E-state index in [1.807, 2.05) is 18.2 Å². The second-order valence-electron chi connectivity index (χ2n) is 3.45. The highest BCUT2D eigenvalue weighted by Gasteiger charge is 2.08. The molecule has 17 heavy (non-hydrogen) atoms. The molecule has 1 N–H and O–H groups in total. The first-order valence-corrected chi connectivity index (χ1v) is 5.68. The topological polar surface area (TPSA) is 61.6 Å². The molecule has 1 atom stereocenters. The highest BCUT2D eigenvalue weighted by Crippen LogP contribution is 2.19. The van der Waals surface area contributed by atoms with E-state index >= 15 is 0 Å². The minimum atomic E-state index is -0.0654. The van der Waals surface area contributed by atoms with Crippen LogP contribution in [0.15, 0.2) is 30.0 Å². The summed E-state index contributed by atoms with van der Waals surface area (Å²) in [4.78, 5) is 7.97. The van der Waals surface area contributed by atoms with E-state index < -0.39 is 0 Å². The number of hydrogen-bond acceptors (Lipinski definition) is 4. The lowest BCUT2D eigenvalue weighted by Crippen LogP contribution is -2.06. The van der Waals surface area contributed by atoms with E-state index in [2.05, 4.69) is 21.4 Å². The fourth-order valence-electron chi connectivity index (χ4n) is 1.38. The van der Waals surface area contributed by atoms with Gasteiger partial charge in [0.15, 0.2) is 0 Å². The van der Waals surface area contributed by atoms with Gasteiger partial charge in [-0.15, -0.1) is 0 Å². The molecule has 6 heteroatoms. The third-order valence-corrected chi connectivity index (χ3v) is 2.57. The molecule has 1 aliphatic carbocycles. The number of anilines is 1. The number of nitrogens with one attached hydrogen (secondary N) is 1. The van der Waals surface area contributed by atoms with Gasteiger partial charge in [-0.05, 0) is 12.5 Å².